The molecule has 1 atom stereocenters. The van der Waals surface area contributed by atoms with Crippen molar-refractivity contribution in [2.45, 2.75) is 32.7 Å². The minimum atomic E-state index is -0.368. The van der Waals surface area contributed by atoms with E-state index in [1.54, 1.807) is 6.20 Å². The van der Waals surface area contributed by atoms with Crippen LogP contribution in [0.3, 0.4) is 0 Å². The van der Waals surface area contributed by atoms with E-state index >= 15 is 0 Å². The largest absolute Gasteiger partial charge is 0.353 e. The second-order valence-electron chi connectivity index (χ2n) is 7.47. The molecule has 29 heavy (non-hydrogen) atoms. The predicted molar refractivity (Wildman–Crippen MR) is 109 cm³/mol. The highest BCUT2D eigenvalue weighted by atomic mass is 16.2. The third kappa shape index (κ3) is 4.44. The van der Waals surface area contributed by atoms with E-state index in [0.717, 1.165) is 17.2 Å². The molecule has 9 heteroatoms. The minimum absolute atomic E-state index is 0.0160. The SMILES string of the molecule is Cc1ccnc(Nc2cc(N3CCN(C(=O)[C@@H]4CCC(=O)N4)CC3)nc(C)n2)c1. The number of nitrogens with one attached hydrogen (secondary N) is 2. The number of hydrogen-bond acceptors (Lipinski definition) is 7. The Hall–Kier alpha value is -3.23. The molecule has 2 aromatic heterocycles. The number of carbonyl (C=O) groups excluding carboxylic acids is 2. The molecule has 2 aliphatic rings. The Morgan fingerprint density at radius 3 is 2.62 bits per heavy atom. The van der Waals surface area contributed by atoms with Crippen LogP contribution in [0.15, 0.2) is 24.4 Å². The maximum atomic E-state index is 12.6. The number of pyridine rings is 1. The first kappa shape index (κ1) is 19.1. The fourth-order valence-electron chi connectivity index (χ4n) is 3.69. The Labute approximate surface area is 169 Å². The summed E-state index contributed by atoms with van der Waals surface area (Å²) in [6.45, 7) is 6.46. The maximum absolute atomic E-state index is 12.6. The van der Waals surface area contributed by atoms with Crippen molar-refractivity contribution in [3.63, 3.8) is 0 Å². The Balaban J connectivity index is 1.41. The number of carbonyl (C=O) groups is 2. The van der Waals surface area contributed by atoms with Crippen molar-refractivity contribution in [2.24, 2.45) is 0 Å². The van der Waals surface area contributed by atoms with Crippen molar-refractivity contribution in [2.75, 3.05) is 36.4 Å². The van der Waals surface area contributed by atoms with Gasteiger partial charge < -0.3 is 20.4 Å². The van der Waals surface area contributed by atoms with Crippen LogP contribution in [-0.4, -0.2) is 63.9 Å². The molecule has 0 spiro atoms. The second-order valence-corrected chi connectivity index (χ2v) is 7.47. The number of anilines is 3. The maximum Gasteiger partial charge on any atom is 0.245 e. The van der Waals surface area contributed by atoms with Gasteiger partial charge in [0.2, 0.25) is 11.8 Å². The number of nitrogens with zero attached hydrogens (tertiary/aromatic N) is 5. The lowest BCUT2D eigenvalue weighted by Crippen LogP contribution is -2.53. The summed E-state index contributed by atoms with van der Waals surface area (Å²) in [5.41, 5.74) is 1.12. The molecule has 0 aliphatic carbocycles. The molecule has 0 aromatic carbocycles. The van der Waals surface area contributed by atoms with Gasteiger partial charge in [-0.2, -0.15) is 0 Å². The van der Waals surface area contributed by atoms with Crippen LogP contribution in [0, 0.1) is 13.8 Å². The third-order valence-corrected chi connectivity index (χ3v) is 5.20. The second kappa shape index (κ2) is 8.02. The van der Waals surface area contributed by atoms with E-state index < -0.39 is 0 Å². The number of aromatic nitrogens is 3. The Kier molecular flexibility index (Phi) is 5.28. The van der Waals surface area contributed by atoms with Gasteiger partial charge >= 0.3 is 0 Å². The zero-order valence-electron chi connectivity index (χ0n) is 16.7. The van der Waals surface area contributed by atoms with Crippen molar-refractivity contribution in [3.05, 3.63) is 35.8 Å². The zero-order chi connectivity index (χ0) is 20.4. The van der Waals surface area contributed by atoms with Crippen molar-refractivity contribution < 1.29 is 9.59 Å². The standard InChI is InChI=1S/C20H25N7O2/c1-13-5-6-21-16(11-13)25-17-12-18(23-14(2)22-17)26-7-9-27(10-8-26)20(29)15-3-4-19(28)24-15/h5-6,11-12,15H,3-4,7-10H2,1-2H3,(H,24,28)(H,21,22,23,25)/t15-/m0/s1. The molecule has 2 aliphatic heterocycles. The van der Waals surface area contributed by atoms with Gasteiger partial charge in [-0.3, -0.25) is 9.59 Å². The van der Waals surface area contributed by atoms with E-state index in [-0.39, 0.29) is 17.9 Å². The molecular weight excluding hydrogens is 370 g/mol. The van der Waals surface area contributed by atoms with Gasteiger partial charge in [0, 0.05) is 44.9 Å². The summed E-state index contributed by atoms with van der Waals surface area (Å²) in [6.07, 6.45) is 2.78. The van der Waals surface area contributed by atoms with Crippen molar-refractivity contribution in [1.82, 2.24) is 25.2 Å². The van der Waals surface area contributed by atoms with Crippen LogP contribution < -0.4 is 15.5 Å². The molecule has 9 nitrogen and oxygen atoms in total. The fraction of sp³-hybridized carbons (Fsp3) is 0.450. The molecule has 152 valence electrons. The predicted octanol–water partition coefficient (Wildman–Crippen LogP) is 1.16. The van der Waals surface area contributed by atoms with Crippen LogP contribution in [0.5, 0.6) is 0 Å². The molecule has 2 N–H and O–H groups in total. The molecule has 4 heterocycles. The van der Waals surface area contributed by atoms with Crippen LogP contribution in [0.4, 0.5) is 17.5 Å². The topological polar surface area (TPSA) is 103 Å². The van der Waals surface area contributed by atoms with E-state index in [0.29, 0.717) is 50.7 Å². The van der Waals surface area contributed by atoms with E-state index in [2.05, 4.69) is 30.5 Å². The average Bonchev–Trinajstić information content (AvgIpc) is 3.13. The average molecular weight is 395 g/mol. The smallest absolute Gasteiger partial charge is 0.245 e. The molecular formula is C20H25N7O2. The van der Waals surface area contributed by atoms with Crippen LogP contribution in [-0.2, 0) is 9.59 Å². The molecule has 2 aromatic rings. The summed E-state index contributed by atoms with van der Waals surface area (Å²) in [6, 6.07) is 5.45. The fourth-order valence-corrected chi connectivity index (χ4v) is 3.69. The minimum Gasteiger partial charge on any atom is -0.353 e. The summed E-state index contributed by atoms with van der Waals surface area (Å²) in [4.78, 5) is 41.3. The van der Waals surface area contributed by atoms with Gasteiger partial charge in [0.1, 0.15) is 29.3 Å². The number of rotatable bonds is 4. The summed E-state index contributed by atoms with van der Waals surface area (Å²) in [5, 5.41) is 6.00. The normalized spacial score (nSPS) is 19.2. The van der Waals surface area contributed by atoms with Crippen molar-refractivity contribution in [3.8, 4) is 0 Å². The van der Waals surface area contributed by atoms with E-state index in [9.17, 15) is 9.59 Å². The molecule has 4 rings (SSSR count). The van der Waals surface area contributed by atoms with Gasteiger partial charge in [-0.25, -0.2) is 15.0 Å². The van der Waals surface area contributed by atoms with E-state index in [4.69, 9.17) is 0 Å². The summed E-state index contributed by atoms with van der Waals surface area (Å²) < 4.78 is 0. The van der Waals surface area contributed by atoms with Crippen LogP contribution >= 0.6 is 0 Å². The lowest BCUT2D eigenvalue weighted by Gasteiger charge is -2.36. The summed E-state index contributed by atoms with van der Waals surface area (Å²) >= 11 is 0. The summed E-state index contributed by atoms with van der Waals surface area (Å²) in [5.74, 6) is 2.91. The van der Waals surface area contributed by atoms with Gasteiger partial charge in [0.15, 0.2) is 0 Å². The van der Waals surface area contributed by atoms with Crippen LogP contribution in [0.25, 0.3) is 0 Å². The highest BCUT2D eigenvalue weighted by Gasteiger charge is 2.32. The molecule has 2 amide bonds. The Morgan fingerprint density at radius 1 is 1.14 bits per heavy atom. The Bertz CT molecular complexity index is 925. The van der Waals surface area contributed by atoms with Crippen LogP contribution in [0.2, 0.25) is 0 Å². The summed E-state index contributed by atoms with van der Waals surface area (Å²) in [7, 11) is 0. The first-order valence-electron chi connectivity index (χ1n) is 9.86. The molecule has 2 fully saturated rings. The highest BCUT2D eigenvalue weighted by Crippen LogP contribution is 2.21. The highest BCUT2D eigenvalue weighted by molar-refractivity contribution is 5.90. The zero-order valence-corrected chi connectivity index (χ0v) is 16.7. The van der Waals surface area contributed by atoms with E-state index in [1.807, 2.05) is 36.9 Å². The molecule has 0 radical (unpaired) electrons. The molecule has 0 saturated carbocycles. The van der Waals surface area contributed by atoms with Crippen molar-refractivity contribution in [1.29, 1.82) is 0 Å². The molecule has 2 saturated heterocycles. The van der Waals surface area contributed by atoms with Gasteiger partial charge in [0.25, 0.3) is 0 Å². The lowest BCUT2D eigenvalue weighted by molar-refractivity contribution is -0.134. The van der Waals surface area contributed by atoms with Gasteiger partial charge in [-0.05, 0) is 38.0 Å². The first-order valence-corrected chi connectivity index (χ1v) is 9.86. The quantitative estimate of drug-likeness (QED) is 0.801. The molecule has 0 unspecified atom stereocenters. The molecule has 0 bridgehead atoms. The van der Waals surface area contributed by atoms with Crippen LogP contribution in [0.1, 0.15) is 24.2 Å². The number of amides is 2. The number of hydrogen-bond donors (Lipinski definition) is 2. The lowest BCUT2D eigenvalue weighted by atomic mass is 10.2. The number of aryl methyl sites for hydroxylation is 2. The number of piperazine rings is 1. The third-order valence-electron chi connectivity index (χ3n) is 5.20. The van der Waals surface area contributed by atoms with Gasteiger partial charge in [0.05, 0.1) is 0 Å². The van der Waals surface area contributed by atoms with E-state index in [1.165, 1.54) is 0 Å². The first-order chi connectivity index (χ1) is 14.0. The van der Waals surface area contributed by atoms with Gasteiger partial charge in [-0.1, -0.05) is 0 Å². The van der Waals surface area contributed by atoms with Gasteiger partial charge in [-0.15, -0.1) is 0 Å². The monoisotopic (exact) mass is 395 g/mol. The van der Waals surface area contributed by atoms with Crippen molar-refractivity contribution >= 4 is 29.3 Å². The Morgan fingerprint density at radius 2 is 1.93 bits per heavy atom.